The van der Waals surface area contributed by atoms with E-state index in [2.05, 4.69) is 22.5 Å². The standard InChI is InChI=1S/C17H25N5O3/c1-12(22-6-8-25-9-7-22)11-18-16(23)19-13-4-5-14-15(10-13)21(3)17(24)20(14)2/h4-5,10,12H,6-9,11H2,1-3H3,(H2,18,19,23)/t12-/m0/s1. The third kappa shape index (κ3) is 3.69. The number of morpholine rings is 1. The summed E-state index contributed by atoms with van der Waals surface area (Å²) in [6.07, 6.45) is 0. The molecular formula is C17H25N5O3. The van der Waals surface area contributed by atoms with Crippen LogP contribution in [-0.4, -0.2) is 59.0 Å². The number of nitrogens with zero attached hydrogens (tertiary/aromatic N) is 3. The molecular weight excluding hydrogens is 322 g/mol. The van der Waals surface area contributed by atoms with Gasteiger partial charge in [-0.3, -0.25) is 14.0 Å². The molecule has 8 nitrogen and oxygen atoms in total. The van der Waals surface area contributed by atoms with Crippen LogP contribution in [0.2, 0.25) is 0 Å². The van der Waals surface area contributed by atoms with E-state index in [0.717, 1.165) is 37.3 Å². The Morgan fingerprint density at radius 1 is 1.20 bits per heavy atom. The molecule has 1 aromatic heterocycles. The summed E-state index contributed by atoms with van der Waals surface area (Å²) in [7, 11) is 3.45. The highest BCUT2D eigenvalue weighted by Crippen LogP contribution is 2.17. The van der Waals surface area contributed by atoms with Crippen LogP contribution in [0.4, 0.5) is 10.5 Å². The molecule has 0 spiro atoms. The predicted octanol–water partition coefficient (Wildman–Crippen LogP) is 0.719. The molecule has 0 bridgehead atoms. The number of aryl methyl sites for hydroxylation is 2. The number of urea groups is 1. The third-order valence-corrected chi connectivity index (χ3v) is 4.76. The molecule has 1 aliphatic heterocycles. The first-order valence-corrected chi connectivity index (χ1v) is 8.49. The van der Waals surface area contributed by atoms with Crippen LogP contribution in [0.1, 0.15) is 6.92 Å². The Morgan fingerprint density at radius 3 is 2.60 bits per heavy atom. The van der Waals surface area contributed by atoms with Crippen LogP contribution in [0.15, 0.2) is 23.0 Å². The molecule has 1 fully saturated rings. The second kappa shape index (κ2) is 7.28. The number of imidazole rings is 1. The molecule has 0 saturated carbocycles. The summed E-state index contributed by atoms with van der Waals surface area (Å²) in [5, 5.41) is 5.73. The maximum Gasteiger partial charge on any atom is 0.328 e. The zero-order valence-corrected chi connectivity index (χ0v) is 14.9. The number of anilines is 1. The molecule has 2 aromatic rings. The Balaban J connectivity index is 1.60. The fraction of sp³-hybridized carbons (Fsp3) is 0.529. The molecule has 1 aliphatic rings. The van der Waals surface area contributed by atoms with Crippen molar-refractivity contribution in [3.8, 4) is 0 Å². The Morgan fingerprint density at radius 2 is 1.88 bits per heavy atom. The van der Waals surface area contributed by atoms with E-state index in [9.17, 15) is 9.59 Å². The van der Waals surface area contributed by atoms with Gasteiger partial charge in [-0.2, -0.15) is 0 Å². The molecule has 2 amide bonds. The van der Waals surface area contributed by atoms with Gasteiger partial charge in [0, 0.05) is 45.5 Å². The largest absolute Gasteiger partial charge is 0.379 e. The Kier molecular flexibility index (Phi) is 5.10. The van der Waals surface area contributed by atoms with Gasteiger partial charge in [-0.1, -0.05) is 0 Å². The van der Waals surface area contributed by atoms with Gasteiger partial charge in [-0.05, 0) is 25.1 Å². The van der Waals surface area contributed by atoms with E-state index in [4.69, 9.17) is 4.74 Å². The van der Waals surface area contributed by atoms with Crippen molar-refractivity contribution >= 4 is 22.8 Å². The van der Waals surface area contributed by atoms with E-state index >= 15 is 0 Å². The number of benzene rings is 1. The Labute approximate surface area is 146 Å². The predicted molar refractivity (Wildman–Crippen MR) is 97.0 cm³/mol. The molecule has 25 heavy (non-hydrogen) atoms. The Bertz CT molecular complexity index is 820. The van der Waals surface area contributed by atoms with Gasteiger partial charge < -0.3 is 15.4 Å². The summed E-state index contributed by atoms with van der Waals surface area (Å²) >= 11 is 0. The van der Waals surface area contributed by atoms with Crippen LogP contribution in [0.5, 0.6) is 0 Å². The number of hydrogen-bond acceptors (Lipinski definition) is 4. The summed E-state index contributed by atoms with van der Waals surface area (Å²) < 4.78 is 8.50. The fourth-order valence-corrected chi connectivity index (χ4v) is 3.15. The number of rotatable bonds is 4. The van der Waals surface area contributed by atoms with Crippen molar-refractivity contribution in [2.45, 2.75) is 13.0 Å². The number of carbonyl (C=O) groups is 1. The summed E-state index contributed by atoms with van der Waals surface area (Å²) in [5.41, 5.74) is 2.19. The maximum absolute atomic E-state index is 12.2. The van der Waals surface area contributed by atoms with Gasteiger partial charge in [0.2, 0.25) is 0 Å². The van der Waals surface area contributed by atoms with E-state index in [1.165, 1.54) is 0 Å². The lowest BCUT2D eigenvalue weighted by molar-refractivity contribution is 0.0209. The van der Waals surface area contributed by atoms with Crippen LogP contribution in [-0.2, 0) is 18.8 Å². The summed E-state index contributed by atoms with van der Waals surface area (Å²) in [6.45, 7) is 5.93. The molecule has 3 rings (SSSR count). The zero-order chi connectivity index (χ0) is 18.0. The van der Waals surface area contributed by atoms with Crippen molar-refractivity contribution in [3.05, 3.63) is 28.7 Å². The second-order valence-corrected chi connectivity index (χ2v) is 6.44. The van der Waals surface area contributed by atoms with E-state index in [-0.39, 0.29) is 17.8 Å². The topological polar surface area (TPSA) is 80.5 Å². The number of fused-ring (bicyclic) bond motifs is 1. The lowest BCUT2D eigenvalue weighted by Crippen LogP contribution is -2.47. The lowest BCUT2D eigenvalue weighted by atomic mass is 10.2. The molecule has 8 heteroatoms. The molecule has 136 valence electrons. The van der Waals surface area contributed by atoms with Gasteiger partial charge >= 0.3 is 11.7 Å². The minimum atomic E-state index is -0.250. The number of nitrogens with one attached hydrogen (secondary N) is 2. The summed E-state index contributed by atoms with van der Waals surface area (Å²) in [4.78, 5) is 26.4. The molecule has 2 N–H and O–H groups in total. The minimum Gasteiger partial charge on any atom is -0.379 e. The molecule has 0 unspecified atom stereocenters. The van der Waals surface area contributed by atoms with Crippen molar-refractivity contribution < 1.29 is 9.53 Å². The van der Waals surface area contributed by atoms with Crippen molar-refractivity contribution in [2.75, 3.05) is 38.2 Å². The molecule has 1 saturated heterocycles. The van der Waals surface area contributed by atoms with Crippen molar-refractivity contribution in [1.29, 1.82) is 0 Å². The minimum absolute atomic E-state index is 0.0871. The number of amides is 2. The number of aromatic nitrogens is 2. The number of hydrogen-bond donors (Lipinski definition) is 2. The SMILES string of the molecule is C[C@@H](CNC(=O)Nc1ccc2c(c1)n(C)c(=O)n2C)N1CCOCC1. The highest BCUT2D eigenvalue weighted by Gasteiger charge is 2.17. The van der Waals surface area contributed by atoms with Crippen molar-refractivity contribution in [1.82, 2.24) is 19.4 Å². The average molecular weight is 347 g/mol. The summed E-state index contributed by atoms with van der Waals surface area (Å²) in [5.74, 6) is 0. The molecule has 2 heterocycles. The van der Waals surface area contributed by atoms with Gasteiger partial charge in [-0.15, -0.1) is 0 Å². The van der Waals surface area contributed by atoms with E-state index in [1.807, 2.05) is 12.1 Å². The highest BCUT2D eigenvalue weighted by molar-refractivity contribution is 5.92. The monoisotopic (exact) mass is 347 g/mol. The van der Waals surface area contributed by atoms with Crippen LogP contribution < -0.4 is 16.3 Å². The van der Waals surface area contributed by atoms with Gasteiger partial charge in [0.1, 0.15) is 0 Å². The quantitative estimate of drug-likeness (QED) is 0.854. The average Bonchev–Trinajstić information content (AvgIpc) is 2.84. The van der Waals surface area contributed by atoms with Gasteiger partial charge in [-0.25, -0.2) is 9.59 Å². The van der Waals surface area contributed by atoms with E-state index in [1.54, 1.807) is 29.3 Å². The maximum atomic E-state index is 12.2. The molecule has 1 aromatic carbocycles. The molecule has 0 aliphatic carbocycles. The second-order valence-electron chi connectivity index (χ2n) is 6.44. The fourth-order valence-electron chi connectivity index (χ4n) is 3.15. The van der Waals surface area contributed by atoms with Crippen LogP contribution in [0.3, 0.4) is 0 Å². The third-order valence-electron chi connectivity index (χ3n) is 4.76. The van der Waals surface area contributed by atoms with Crippen molar-refractivity contribution in [3.63, 3.8) is 0 Å². The van der Waals surface area contributed by atoms with Crippen LogP contribution in [0.25, 0.3) is 11.0 Å². The first kappa shape index (κ1) is 17.5. The van der Waals surface area contributed by atoms with E-state index < -0.39 is 0 Å². The van der Waals surface area contributed by atoms with Gasteiger partial charge in [0.25, 0.3) is 0 Å². The van der Waals surface area contributed by atoms with Gasteiger partial charge in [0.15, 0.2) is 0 Å². The smallest absolute Gasteiger partial charge is 0.328 e. The number of ether oxygens (including phenoxy) is 1. The van der Waals surface area contributed by atoms with Crippen LogP contribution >= 0.6 is 0 Å². The number of carbonyl (C=O) groups excluding carboxylic acids is 1. The molecule has 1 atom stereocenters. The lowest BCUT2D eigenvalue weighted by Gasteiger charge is -2.32. The van der Waals surface area contributed by atoms with Gasteiger partial charge in [0.05, 0.1) is 24.2 Å². The zero-order valence-electron chi connectivity index (χ0n) is 14.9. The van der Waals surface area contributed by atoms with Crippen LogP contribution in [0, 0.1) is 0 Å². The highest BCUT2D eigenvalue weighted by atomic mass is 16.5. The first-order valence-electron chi connectivity index (χ1n) is 8.49. The van der Waals surface area contributed by atoms with Crippen molar-refractivity contribution in [2.24, 2.45) is 14.1 Å². The normalized spacial score (nSPS) is 16.8. The Hall–Kier alpha value is -2.32. The summed E-state index contributed by atoms with van der Waals surface area (Å²) in [6, 6.07) is 5.45. The van der Waals surface area contributed by atoms with E-state index in [0.29, 0.717) is 12.2 Å². The first-order chi connectivity index (χ1) is 12.0. The molecule has 0 radical (unpaired) electrons.